The molecule has 0 bridgehead atoms. The lowest BCUT2D eigenvalue weighted by atomic mass is 10.1. The monoisotopic (exact) mass is 515 g/mol. The molecule has 2 N–H and O–H groups in total. The molecule has 2 fully saturated rings. The third-order valence-electron chi connectivity index (χ3n) is 7.13. The van der Waals surface area contributed by atoms with Crippen molar-refractivity contribution in [1.82, 2.24) is 24.3 Å². The fourth-order valence-electron chi connectivity index (χ4n) is 5.09. The third-order valence-corrected chi connectivity index (χ3v) is 7.13. The van der Waals surface area contributed by atoms with E-state index < -0.39 is 17.8 Å². The first-order valence-electron chi connectivity index (χ1n) is 12.2. The van der Waals surface area contributed by atoms with Crippen molar-refractivity contribution in [2.24, 2.45) is 11.7 Å². The largest absolute Gasteiger partial charge is 0.434 e. The summed E-state index contributed by atoms with van der Waals surface area (Å²) in [7, 11) is 0. The molecule has 1 atom stereocenters. The number of hydrogen-bond acceptors (Lipinski definition) is 6. The molecule has 9 nitrogen and oxygen atoms in total. The minimum atomic E-state index is -4.52. The van der Waals surface area contributed by atoms with Crippen molar-refractivity contribution in [3.63, 3.8) is 0 Å². The van der Waals surface area contributed by atoms with Gasteiger partial charge in [0.15, 0.2) is 5.69 Å². The van der Waals surface area contributed by atoms with E-state index >= 15 is 0 Å². The summed E-state index contributed by atoms with van der Waals surface area (Å²) < 4.78 is 40.3. The Balaban J connectivity index is 1.11. The smallest absolute Gasteiger partial charge is 0.366 e. The molecule has 2 amide bonds. The Kier molecular flexibility index (Phi) is 6.76. The van der Waals surface area contributed by atoms with Gasteiger partial charge < -0.3 is 20.1 Å². The number of hydrogen-bond donors (Lipinski definition) is 1. The number of likely N-dealkylation sites (tertiary alicyclic amines) is 1. The Bertz CT molecular complexity index is 1280. The molecule has 4 heterocycles. The highest BCUT2D eigenvalue weighted by Gasteiger charge is 2.33. The van der Waals surface area contributed by atoms with Gasteiger partial charge in [-0.05, 0) is 42.5 Å². The van der Waals surface area contributed by atoms with Crippen LogP contribution in [0.3, 0.4) is 0 Å². The van der Waals surface area contributed by atoms with E-state index in [1.165, 1.54) is 0 Å². The summed E-state index contributed by atoms with van der Waals surface area (Å²) in [6, 6.07) is 7.47. The van der Waals surface area contributed by atoms with Crippen LogP contribution in [0, 0.1) is 5.92 Å². The maximum Gasteiger partial charge on any atom is 0.434 e. The molecular weight excluding hydrogens is 487 g/mol. The second-order valence-electron chi connectivity index (χ2n) is 9.62. The molecule has 5 rings (SSSR count). The van der Waals surface area contributed by atoms with Crippen molar-refractivity contribution >= 4 is 28.5 Å². The number of carbonyl (C=O) groups excluding carboxylic acids is 2. The number of nitrogens with zero attached hydrogens (tertiary/aromatic N) is 6. The Morgan fingerprint density at radius 1 is 1.03 bits per heavy atom. The summed E-state index contributed by atoms with van der Waals surface area (Å²) in [4.78, 5) is 37.7. The predicted octanol–water partition coefficient (Wildman–Crippen LogP) is 2.22. The number of carbonyl (C=O) groups is 2. The lowest BCUT2D eigenvalue weighted by molar-refractivity contribution is -0.141. The Morgan fingerprint density at radius 3 is 2.49 bits per heavy atom. The lowest BCUT2D eigenvalue weighted by Gasteiger charge is -2.36. The first-order valence-corrected chi connectivity index (χ1v) is 12.2. The zero-order chi connectivity index (χ0) is 26.2. The molecule has 0 radical (unpaired) electrons. The van der Waals surface area contributed by atoms with Crippen LogP contribution in [0.1, 0.15) is 22.5 Å². The molecule has 196 valence electrons. The molecule has 2 saturated heterocycles. The van der Waals surface area contributed by atoms with E-state index in [9.17, 15) is 22.8 Å². The minimum Gasteiger partial charge on any atom is -0.366 e. The summed E-state index contributed by atoms with van der Waals surface area (Å²) in [5, 5.41) is 1.05. The maximum atomic E-state index is 12.9. The van der Waals surface area contributed by atoms with E-state index in [0.717, 1.165) is 49.4 Å². The zero-order valence-electron chi connectivity index (χ0n) is 20.2. The van der Waals surface area contributed by atoms with Crippen LogP contribution >= 0.6 is 0 Å². The van der Waals surface area contributed by atoms with Gasteiger partial charge in [0, 0.05) is 56.5 Å². The second kappa shape index (κ2) is 10.0. The Hall–Kier alpha value is -3.67. The van der Waals surface area contributed by atoms with Crippen LogP contribution < -0.4 is 10.6 Å². The maximum absolute atomic E-state index is 12.9. The number of alkyl halides is 3. The van der Waals surface area contributed by atoms with E-state index in [1.807, 2.05) is 29.3 Å². The van der Waals surface area contributed by atoms with Crippen molar-refractivity contribution in [1.29, 1.82) is 0 Å². The number of halogens is 3. The van der Waals surface area contributed by atoms with Gasteiger partial charge in [-0.1, -0.05) is 6.07 Å². The number of nitrogens with two attached hydrogens (primary N) is 1. The van der Waals surface area contributed by atoms with Crippen LogP contribution in [0.5, 0.6) is 0 Å². The van der Waals surface area contributed by atoms with Crippen molar-refractivity contribution < 1.29 is 22.8 Å². The molecule has 12 heteroatoms. The molecule has 1 aromatic carbocycles. The van der Waals surface area contributed by atoms with E-state index in [-0.39, 0.29) is 5.91 Å². The SMILES string of the molecule is NC(=O)c1ccc2ccn(CC3CCN(CC(=O)N4CCN(c5cnc(C(F)(F)F)cn5)CC4)C3)c2c1. The van der Waals surface area contributed by atoms with Crippen LogP contribution in [0.25, 0.3) is 10.9 Å². The highest BCUT2D eigenvalue weighted by atomic mass is 19.4. The van der Waals surface area contributed by atoms with Gasteiger partial charge in [-0.3, -0.25) is 14.5 Å². The third kappa shape index (κ3) is 5.53. The molecule has 3 aromatic rings. The van der Waals surface area contributed by atoms with Crippen LogP contribution in [-0.4, -0.2) is 82.0 Å². The minimum absolute atomic E-state index is 0.0521. The van der Waals surface area contributed by atoms with Crippen LogP contribution in [0.2, 0.25) is 0 Å². The van der Waals surface area contributed by atoms with E-state index in [2.05, 4.69) is 19.4 Å². The normalized spacial score (nSPS) is 19.1. The van der Waals surface area contributed by atoms with Crippen molar-refractivity contribution in [2.45, 2.75) is 19.1 Å². The van der Waals surface area contributed by atoms with Crippen molar-refractivity contribution in [3.8, 4) is 0 Å². The number of fused-ring (bicyclic) bond motifs is 1. The summed E-state index contributed by atoms with van der Waals surface area (Å²) in [6.45, 7) is 4.72. The molecule has 2 aliphatic heterocycles. The molecule has 0 aliphatic carbocycles. The highest BCUT2D eigenvalue weighted by Crippen LogP contribution is 2.28. The van der Waals surface area contributed by atoms with Crippen LogP contribution in [-0.2, 0) is 17.5 Å². The molecule has 2 aliphatic rings. The quantitative estimate of drug-likeness (QED) is 0.541. The van der Waals surface area contributed by atoms with Crippen molar-refractivity contribution in [2.75, 3.05) is 50.7 Å². The van der Waals surface area contributed by atoms with Gasteiger partial charge in [0.1, 0.15) is 5.82 Å². The van der Waals surface area contributed by atoms with Gasteiger partial charge in [0.2, 0.25) is 11.8 Å². The first-order chi connectivity index (χ1) is 17.7. The number of benzene rings is 1. The molecule has 0 spiro atoms. The van der Waals surface area contributed by atoms with Crippen LogP contribution in [0.15, 0.2) is 42.9 Å². The van der Waals surface area contributed by atoms with E-state index in [1.54, 1.807) is 11.0 Å². The molecule has 1 unspecified atom stereocenters. The number of amides is 2. The molecule has 2 aromatic heterocycles. The molecular formula is C25H28F3N7O2. The Morgan fingerprint density at radius 2 is 1.81 bits per heavy atom. The van der Waals surface area contributed by atoms with Gasteiger partial charge in [-0.15, -0.1) is 0 Å². The fraction of sp³-hybridized carbons (Fsp3) is 0.440. The van der Waals surface area contributed by atoms with Gasteiger partial charge >= 0.3 is 6.18 Å². The lowest BCUT2D eigenvalue weighted by Crippen LogP contribution is -2.51. The van der Waals surface area contributed by atoms with Gasteiger partial charge in [0.05, 0.1) is 18.9 Å². The van der Waals surface area contributed by atoms with E-state index in [4.69, 9.17) is 5.73 Å². The predicted molar refractivity (Wildman–Crippen MR) is 131 cm³/mol. The second-order valence-corrected chi connectivity index (χ2v) is 9.62. The summed E-state index contributed by atoms with van der Waals surface area (Å²) in [6.07, 6.45) is 0.346. The topological polar surface area (TPSA) is 101 Å². The average molecular weight is 516 g/mol. The van der Waals surface area contributed by atoms with Gasteiger partial charge in [0.25, 0.3) is 0 Å². The van der Waals surface area contributed by atoms with Crippen LogP contribution in [0.4, 0.5) is 19.0 Å². The molecule has 0 saturated carbocycles. The summed E-state index contributed by atoms with van der Waals surface area (Å²) in [5.74, 6) is 0.364. The van der Waals surface area contributed by atoms with E-state index in [0.29, 0.717) is 50.0 Å². The summed E-state index contributed by atoms with van der Waals surface area (Å²) in [5.41, 5.74) is 5.87. The average Bonchev–Trinajstić information content (AvgIpc) is 3.50. The number of aromatic nitrogens is 3. The first kappa shape index (κ1) is 25.0. The number of rotatable bonds is 6. The zero-order valence-corrected chi connectivity index (χ0v) is 20.2. The van der Waals surface area contributed by atoms with Gasteiger partial charge in [-0.2, -0.15) is 13.2 Å². The highest BCUT2D eigenvalue weighted by molar-refractivity contribution is 5.97. The number of anilines is 1. The fourth-order valence-corrected chi connectivity index (χ4v) is 5.09. The number of primary amides is 1. The van der Waals surface area contributed by atoms with Gasteiger partial charge in [-0.25, -0.2) is 9.97 Å². The standard InChI is InChI=1S/C25H28F3N7O2/c26-25(27,28)21-12-31-22(13-30-21)33-7-9-34(10-8-33)23(36)16-32-5-3-17(14-32)15-35-6-4-18-1-2-19(24(29)37)11-20(18)35/h1-2,4,6,11-13,17H,3,5,7-10,14-16H2,(H2,29,37). The Labute approximate surface area is 211 Å². The summed E-state index contributed by atoms with van der Waals surface area (Å²) >= 11 is 0. The van der Waals surface area contributed by atoms with Crippen molar-refractivity contribution in [3.05, 3.63) is 54.1 Å². The molecule has 37 heavy (non-hydrogen) atoms. The number of piperazine rings is 1.